The van der Waals surface area contributed by atoms with Gasteiger partial charge < -0.3 is 15.0 Å². The summed E-state index contributed by atoms with van der Waals surface area (Å²) in [6, 6.07) is 13.6. The van der Waals surface area contributed by atoms with Crippen LogP contribution in [0.15, 0.2) is 46.9 Å². The molecule has 1 aliphatic carbocycles. The first kappa shape index (κ1) is 26.3. The Morgan fingerprint density at radius 3 is 2.35 bits per heavy atom. The van der Waals surface area contributed by atoms with E-state index in [4.69, 9.17) is 4.74 Å². The topological polar surface area (TPSA) is 58.6 Å². The molecule has 0 bridgehead atoms. The summed E-state index contributed by atoms with van der Waals surface area (Å²) in [5, 5.41) is 3.13. The highest BCUT2D eigenvalue weighted by Crippen LogP contribution is 2.31. The fourth-order valence-corrected chi connectivity index (χ4v) is 4.66. The van der Waals surface area contributed by atoms with Gasteiger partial charge in [-0.3, -0.25) is 9.59 Å². The van der Waals surface area contributed by atoms with Crippen molar-refractivity contribution in [3.05, 3.63) is 63.6 Å². The summed E-state index contributed by atoms with van der Waals surface area (Å²) in [5.41, 5.74) is 3.33. The monoisotopic (exact) mass is 528 g/mol. The molecule has 184 valence electrons. The van der Waals surface area contributed by atoms with E-state index in [1.54, 1.807) is 11.8 Å². The minimum Gasteiger partial charge on any atom is -0.483 e. The van der Waals surface area contributed by atoms with E-state index in [-0.39, 0.29) is 29.9 Å². The number of carbonyl (C=O) groups is 2. The zero-order chi connectivity index (χ0) is 24.9. The van der Waals surface area contributed by atoms with Crippen LogP contribution in [0.25, 0.3) is 0 Å². The van der Waals surface area contributed by atoms with Crippen molar-refractivity contribution in [2.75, 3.05) is 6.61 Å². The lowest BCUT2D eigenvalue weighted by Gasteiger charge is -2.30. The van der Waals surface area contributed by atoms with Crippen molar-refractivity contribution < 1.29 is 14.3 Å². The van der Waals surface area contributed by atoms with Crippen molar-refractivity contribution in [3.8, 4) is 5.75 Å². The summed E-state index contributed by atoms with van der Waals surface area (Å²) >= 11 is 3.57. The van der Waals surface area contributed by atoms with Gasteiger partial charge in [-0.15, -0.1) is 0 Å². The minimum atomic E-state index is -0.593. The molecule has 0 aromatic heterocycles. The van der Waals surface area contributed by atoms with E-state index in [1.807, 2.05) is 49.4 Å². The van der Waals surface area contributed by atoms with Gasteiger partial charge in [-0.1, -0.05) is 69.5 Å². The van der Waals surface area contributed by atoms with E-state index in [0.717, 1.165) is 41.3 Å². The standard InChI is InChI=1S/C28H37BrN2O3/c1-19-10-12-21(13-11-19)17-31(20(2)27(33)30-23-8-6-7-9-23)26(32)18-34-25-15-14-22(16-24(25)29)28(3,4)5/h10-16,20,23H,6-9,17-18H2,1-5H3,(H,30,33). The summed E-state index contributed by atoms with van der Waals surface area (Å²) in [4.78, 5) is 27.9. The average molecular weight is 530 g/mol. The molecule has 5 nitrogen and oxygen atoms in total. The molecule has 6 heteroatoms. The zero-order valence-electron chi connectivity index (χ0n) is 21.0. The first-order valence-corrected chi connectivity index (χ1v) is 12.9. The van der Waals surface area contributed by atoms with Crippen molar-refractivity contribution in [3.63, 3.8) is 0 Å². The molecule has 0 radical (unpaired) electrons. The maximum absolute atomic E-state index is 13.3. The number of hydrogen-bond donors (Lipinski definition) is 1. The second kappa shape index (κ2) is 11.4. The van der Waals surface area contributed by atoms with Gasteiger partial charge in [0.05, 0.1) is 4.47 Å². The zero-order valence-corrected chi connectivity index (χ0v) is 22.6. The van der Waals surface area contributed by atoms with Crippen LogP contribution in [-0.4, -0.2) is 35.4 Å². The molecule has 3 rings (SSSR count). The van der Waals surface area contributed by atoms with E-state index in [0.29, 0.717) is 12.3 Å². The quantitative estimate of drug-likeness (QED) is 0.463. The second-order valence-electron chi connectivity index (χ2n) is 10.4. The van der Waals surface area contributed by atoms with Gasteiger partial charge in [0.25, 0.3) is 5.91 Å². The Balaban J connectivity index is 1.72. The second-order valence-corrected chi connectivity index (χ2v) is 11.2. The highest BCUT2D eigenvalue weighted by molar-refractivity contribution is 9.10. The van der Waals surface area contributed by atoms with E-state index >= 15 is 0 Å². The fourth-order valence-electron chi connectivity index (χ4n) is 4.17. The maximum Gasteiger partial charge on any atom is 0.261 e. The number of hydrogen-bond acceptors (Lipinski definition) is 3. The van der Waals surface area contributed by atoms with Crippen LogP contribution in [-0.2, 0) is 21.5 Å². The lowest BCUT2D eigenvalue weighted by atomic mass is 9.87. The first-order valence-electron chi connectivity index (χ1n) is 12.1. The van der Waals surface area contributed by atoms with Crippen LogP contribution in [0.2, 0.25) is 0 Å². The van der Waals surface area contributed by atoms with Crippen LogP contribution >= 0.6 is 15.9 Å². The Morgan fingerprint density at radius 2 is 1.76 bits per heavy atom. The third-order valence-electron chi connectivity index (χ3n) is 6.49. The number of nitrogens with one attached hydrogen (secondary N) is 1. The Bertz CT molecular complexity index is 992. The summed E-state index contributed by atoms with van der Waals surface area (Å²) < 4.78 is 6.71. The van der Waals surface area contributed by atoms with Gasteiger partial charge in [0.15, 0.2) is 6.61 Å². The Labute approximate surface area is 212 Å². The van der Waals surface area contributed by atoms with Gasteiger partial charge in [0, 0.05) is 12.6 Å². The third kappa shape index (κ3) is 7.08. The SMILES string of the molecule is Cc1ccc(CN(C(=O)COc2ccc(C(C)(C)C)cc2Br)C(C)C(=O)NC2CCCC2)cc1. The lowest BCUT2D eigenvalue weighted by molar-refractivity contribution is -0.142. The smallest absolute Gasteiger partial charge is 0.261 e. The Kier molecular flexibility index (Phi) is 8.80. The minimum absolute atomic E-state index is 0.0177. The van der Waals surface area contributed by atoms with Crippen LogP contribution in [0, 0.1) is 6.92 Å². The number of aryl methyl sites for hydroxylation is 1. The van der Waals surface area contributed by atoms with Gasteiger partial charge in [-0.25, -0.2) is 0 Å². The number of amides is 2. The number of nitrogens with zero attached hydrogens (tertiary/aromatic N) is 1. The van der Waals surface area contributed by atoms with Crippen molar-refractivity contribution in [2.24, 2.45) is 0 Å². The summed E-state index contributed by atoms with van der Waals surface area (Å²) in [6.45, 7) is 10.5. The van der Waals surface area contributed by atoms with Crippen molar-refractivity contribution in [2.45, 2.75) is 84.3 Å². The number of benzene rings is 2. The van der Waals surface area contributed by atoms with Gasteiger partial charge >= 0.3 is 0 Å². The lowest BCUT2D eigenvalue weighted by Crippen LogP contribution is -2.50. The van der Waals surface area contributed by atoms with Crippen LogP contribution < -0.4 is 10.1 Å². The predicted molar refractivity (Wildman–Crippen MR) is 140 cm³/mol. The predicted octanol–water partition coefficient (Wildman–Crippen LogP) is 5.91. The van der Waals surface area contributed by atoms with Gasteiger partial charge in [0.2, 0.25) is 5.91 Å². The van der Waals surface area contributed by atoms with Crippen LogP contribution in [0.1, 0.15) is 70.1 Å². The number of carbonyl (C=O) groups excluding carboxylic acids is 2. The van der Waals surface area contributed by atoms with Crippen molar-refractivity contribution in [1.82, 2.24) is 10.2 Å². The van der Waals surface area contributed by atoms with E-state index in [9.17, 15) is 9.59 Å². The summed E-state index contributed by atoms with van der Waals surface area (Å²) in [6.07, 6.45) is 4.29. The molecule has 1 aliphatic rings. The molecule has 2 aromatic rings. The summed E-state index contributed by atoms with van der Waals surface area (Å²) in [5.74, 6) is 0.282. The average Bonchev–Trinajstić information content (AvgIpc) is 3.29. The highest BCUT2D eigenvalue weighted by Gasteiger charge is 2.29. The molecule has 0 saturated heterocycles. The van der Waals surface area contributed by atoms with Gasteiger partial charge in [-0.2, -0.15) is 0 Å². The van der Waals surface area contributed by atoms with Crippen molar-refractivity contribution >= 4 is 27.7 Å². The molecule has 2 aromatic carbocycles. The van der Waals surface area contributed by atoms with Crippen LogP contribution in [0.3, 0.4) is 0 Å². The molecular weight excluding hydrogens is 492 g/mol. The molecule has 0 spiro atoms. The Hall–Kier alpha value is -2.34. The molecule has 0 aliphatic heterocycles. The molecule has 1 unspecified atom stereocenters. The molecule has 2 amide bonds. The number of halogens is 1. The largest absolute Gasteiger partial charge is 0.483 e. The summed E-state index contributed by atoms with van der Waals surface area (Å²) in [7, 11) is 0. The normalized spacial score (nSPS) is 15.1. The van der Waals surface area contributed by atoms with Gasteiger partial charge in [0.1, 0.15) is 11.8 Å². The molecular formula is C28H37BrN2O3. The molecule has 0 heterocycles. The molecule has 1 fully saturated rings. The van der Waals surface area contributed by atoms with Crippen molar-refractivity contribution in [1.29, 1.82) is 0 Å². The molecule has 34 heavy (non-hydrogen) atoms. The fraction of sp³-hybridized carbons (Fsp3) is 0.500. The highest BCUT2D eigenvalue weighted by atomic mass is 79.9. The molecule has 1 atom stereocenters. The first-order chi connectivity index (χ1) is 16.0. The Morgan fingerprint density at radius 1 is 1.12 bits per heavy atom. The number of ether oxygens (including phenoxy) is 1. The van der Waals surface area contributed by atoms with Crippen LogP contribution in [0.5, 0.6) is 5.75 Å². The maximum atomic E-state index is 13.3. The van der Waals surface area contributed by atoms with E-state index < -0.39 is 6.04 Å². The number of rotatable bonds is 8. The third-order valence-corrected chi connectivity index (χ3v) is 7.11. The van der Waals surface area contributed by atoms with Gasteiger partial charge in [-0.05, 0) is 71.3 Å². The molecule has 1 saturated carbocycles. The van der Waals surface area contributed by atoms with E-state index in [1.165, 1.54) is 5.56 Å². The molecule has 1 N–H and O–H groups in total. The van der Waals surface area contributed by atoms with Crippen LogP contribution in [0.4, 0.5) is 0 Å². The van der Waals surface area contributed by atoms with E-state index in [2.05, 4.69) is 42.0 Å².